The van der Waals surface area contributed by atoms with Gasteiger partial charge in [0.1, 0.15) is 23.6 Å². The summed E-state index contributed by atoms with van der Waals surface area (Å²) in [7, 11) is 1.49. The van der Waals surface area contributed by atoms with E-state index in [-0.39, 0.29) is 30.4 Å². The molecule has 3 N–H and O–H groups in total. The number of amides is 4. The normalized spacial score (nSPS) is 22.4. The number of hydrogen-bond donors (Lipinski definition) is 2. The standard InChI is InChI=1S/C30H32N10O3/c1-15-7-8-32-26(34-15)20-10-30(20,28(31)42)25-21(11-33-17(3)36-25)35-16(2)22-13-39-12-19(18-5-6-18)9-23(27(39)37-22)40-14-24(41)38(4)29(40)43/h7-9,11-13,16,18,20,35H,5-6,10,14H2,1-4H3,(H2,31,42)/t16-,20?,30?/m1/s1. The van der Waals surface area contributed by atoms with Gasteiger partial charge in [-0.15, -0.1) is 0 Å². The predicted molar refractivity (Wildman–Crippen MR) is 156 cm³/mol. The highest BCUT2D eigenvalue weighted by atomic mass is 16.2. The number of pyridine rings is 1. The van der Waals surface area contributed by atoms with Crippen LogP contribution >= 0.6 is 0 Å². The number of carbonyl (C=O) groups is 3. The number of carbonyl (C=O) groups excluding carboxylic acids is 3. The van der Waals surface area contributed by atoms with Gasteiger partial charge in [0, 0.05) is 37.3 Å². The van der Waals surface area contributed by atoms with E-state index in [1.807, 2.05) is 42.8 Å². The van der Waals surface area contributed by atoms with Crippen LogP contribution < -0.4 is 16.0 Å². The van der Waals surface area contributed by atoms with Crippen LogP contribution in [0.4, 0.5) is 16.2 Å². The van der Waals surface area contributed by atoms with E-state index in [0.29, 0.717) is 52.4 Å². The lowest BCUT2D eigenvalue weighted by atomic mass is 9.95. The number of fused-ring (bicyclic) bond motifs is 1. The molecule has 3 fully saturated rings. The first-order valence-corrected chi connectivity index (χ1v) is 14.4. The summed E-state index contributed by atoms with van der Waals surface area (Å²) in [6, 6.07) is 3.09. The molecule has 0 aromatic carbocycles. The highest BCUT2D eigenvalue weighted by molar-refractivity contribution is 6.13. The Bertz CT molecular complexity index is 1830. The zero-order chi connectivity index (χ0) is 30.2. The SMILES string of the molecule is Cc1ccnc(C2CC2(C(N)=O)c2nc(C)ncc2N[C@H](C)c2cn3cc(C4CC4)cc(N4CC(=O)N(C)C4=O)c3n2)n1. The second-order valence-corrected chi connectivity index (χ2v) is 11.8. The number of primary amides is 1. The van der Waals surface area contributed by atoms with Crippen molar-refractivity contribution < 1.29 is 14.4 Å². The molecule has 0 spiro atoms. The van der Waals surface area contributed by atoms with Crippen LogP contribution in [0.5, 0.6) is 0 Å². The second-order valence-electron chi connectivity index (χ2n) is 11.8. The molecule has 2 unspecified atom stereocenters. The van der Waals surface area contributed by atoms with Gasteiger partial charge in [0.25, 0.3) is 0 Å². The van der Waals surface area contributed by atoms with E-state index in [9.17, 15) is 14.4 Å². The highest BCUT2D eigenvalue weighted by Crippen LogP contribution is 2.60. The lowest BCUT2D eigenvalue weighted by molar-refractivity contribution is -0.124. The van der Waals surface area contributed by atoms with Gasteiger partial charge < -0.3 is 15.5 Å². The maximum absolute atomic E-state index is 13.0. The highest BCUT2D eigenvalue weighted by Gasteiger charge is 2.64. The molecule has 2 aliphatic carbocycles. The predicted octanol–water partition coefficient (Wildman–Crippen LogP) is 2.89. The molecular weight excluding hydrogens is 548 g/mol. The number of aryl methyl sites for hydroxylation is 2. The molecule has 1 aliphatic heterocycles. The van der Waals surface area contributed by atoms with E-state index in [2.05, 4.69) is 20.3 Å². The number of urea groups is 1. The summed E-state index contributed by atoms with van der Waals surface area (Å²) < 4.78 is 1.93. The van der Waals surface area contributed by atoms with Crippen LogP contribution in [0.25, 0.3) is 5.65 Å². The first-order chi connectivity index (χ1) is 20.6. The summed E-state index contributed by atoms with van der Waals surface area (Å²) in [5.41, 5.74) is 9.87. The Balaban J connectivity index is 1.25. The largest absolute Gasteiger partial charge is 0.374 e. The topological polar surface area (TPSA) is 165 Å². The fraction of sp³-hybridized carbons (Fsp3) is 0.400. The van der Waals surface area contributed by atoms with Gasteiger partial charge in [0.2, 0.25) is 11.8 Å². The van der Waals surface area contributed by atoms with Crippen molar-refractivity contribution in [3.63, 3.8) is 0 Å². The molecule has 4 aromatic rings. The summed E-state index contributed by atoms with van der Waals surface area (Å²) in [6.07, 6.45) is 9.95. The average Bonchev–Trinajstić information content (AvgIpc) is 3.90. The fourth-order valence-corrected chi connectivity index (χ4v) is 6.04. The van der Waals surface area contributed by atoms with Crippen LogP contribution in [-0.2, 0) is 15.0 Å². The van der Waals surface area contributed by atoms with E-state index in [4.69, 9.17) is 15.7 Å². The zero-order valence-corrected chi connectivity index (χ0v) is 24.4. The summed E-state index contributed by atoms with van der Waals surface area (Å²) >= 11 is 0. The lowest BCUT2D eigenvalue weighted by Gasteiger charge is -2.21. The van der Waals surface area contributed by atoms with Gasteiger partial charge >= 0.3 is 6.03 Å². The van der Waals surface area contributed by atoms with Crippen molar-refractivity contribution in [3.8, 4) is 0 Å². The van der Waals surface area contributed by atoms with Crippen molar-refractivity contribution in [3.05, 3.63) is 71.2 Å². The molecule has 13 heteroatoms. The summed E-state index contributed by atoms with van der Waals surface area (Å²) in [5, 5.41) is 3.47. The number of anilines is 2. The molecule has 0 radical (unpaired) electrons. The Morgan fingerprint density at radius 3 is 2.60 bits per heavy atom. The molecular formula is C30H32N10O3. The Morgan fingerprint density at radius 2 is 1.93 bits per heavy atom. The Morgan fingerprint density at radius 1 is 1.14 bits per heavy atom. The van der Waals surface area contributed by atoms with E-state index < -0.39 is 11.3 Å². The molecule has 0 bridgehead atoms. The second kappa shape index (κ2) is 9.54. The third kappa shape index (κ3) is 4.37. The average molecular weight is 581 g/mol. The summed E-state index contributed by atoms with van der Waals surface area (Å²) in [5.74, 6) is 0.463. The molecule has 13 nitrogen and oxygen atoms in total. The van der Waals surface area contributed by atoms with E-state index in [1.165, 1.54) is 11.9 Å². The van der Waals surface area contributed by atoms with Crippen molar-refractivity contribution in [1.82, 2.24) is 34.2 Å². The third-order valence-electron chi connectivity index (χ3n) is 8.77. The van der Waals surface area contributed by atoms with Crippen LogP contribution in [0.1, 0.15) is 78.4 Å². The molecule has 4 amide bonds. The van der Waals surface area contributed by atoms with Crippen molar-refractivity contribution in [2.75, 3.05) is 23.8 Å². The van der Waals surface area contributed by atoms with Gasteiger partial charge in [-0.3, -0.25) is 19.4 Å². The number of imidazole rings is 1. The van der Waals surface area contributed by atoms with Gasteiger partial charge in [0.05, 0.1) is 35.0 Å². The van der Waals surface area contributed by atoms with Crippen molar-refractivity contribution in [1.29, 1.82) is 0 Å². The van der Waals surface area contributed by atoms with E-state index in [0.717, 1.165) is 29.0 Å². The maximum Gasteiger partial charge on any atom is 0.331 e. The van der Waals surface area contributed by atoms with Crippen LogP contribution in [-0.4, -0.2) is 65.7 Å². The number of rotatable bonds is 8. The zero-order valence-electron chi connectivity index (χ0n) is 24.4. The Kier molecular flexibility index (Phi) is 5.98. The molecule has 1 saturated heterocycles. The smallest absolute Gasteiger partial charge is 0.331 e. The lowest BCUT2D eigenvalue weighted by Crippen LogP contribution is -2.33. The minimum atomic E-state index is -1.07. The van der Waals surface area contributed by atoms with Gasteiger partial charge in [-0.2, -0.15) is 0 Å². The minimum Gasteiger partial charge on any atom is -0.374 e. The van der Waals surface area contributed by atoms with Crippen molar-refractivity contribution in [2.24, 2.45) is 5.73 Å². The van der Waals surface area contributed by atoms with Crippen LogP contribution in [0.15, 0.2) is 36.9 Å². The van der Waals surface area contributed by atoms with Crippen molar-refractivity contribution >= 4 is 34.9 Å². The minimum absolute atomic E-state index is 0.0276. The third-order valence-corrected chi connectivity index (χ3v) is 8.77. The van der Waals surface area contributed by atoms with Gasteiger partial charge in [-0.25, -0.2) is 29.7 Å². The number of nitrogens with zero attached hydrogens (tertiary/aromatic N) is 8. The Hall–Kier alpha value is -4.94. The quantitative estimate of drug-likeness (QED) is 0.298. The van der Waals surface area contributed by atoms with Gasteiger partial charge in [-0.05, 0) is 63.6 Å². The number of nitrogens with one attached hydrogen (secondary N) is 1. The number of imide groups is 1. The van der Waals surface area contributed by atoms with Gasteiger partial charge in [-0.1, -0.05) is 0 Å². The molecule has 220 valence electrons. The van der Waals surface area contributed by atoms with E-state index >= 15 is 0 Å². The Labute approximate surface area is 247 Å². The monoisotopic (exact) mass is 580 g/mol. The molecule has 7 rings (SSSR count). The molecule has 43 heavy (non-hydrogen) atoms. The first-order valence-electron chi connectivity index (χ1n) is 14.4. The molecule has 5 heterocycles. The number of hydrogen-bond acceptors (Lipinski definition) is 9. The van der Waals surface area contributed by atoms with E-state index in [1.54, 1.807) is 19.3 Å². The van der Waals surface area contributed by atoms with Crippen LogP contribution in [0.3, 0.4) is 0 Å². The summed E-state index contributed by atoms with van der Waals surface area (Å²) in [6.45, 7) is 5.58. The van der Waals surface area contributed by atoms with Gasteiger partial charge in [0.15, 0.2) is 5.65 Å². The van der Waals surface area contributed by atoms with Crippen molar-refractivity contribution in [2.45, 2.75) is 63.3 Å². The molecule has 2 saturated carbocycles. The molecule has 4 aromatic heterocycles. The summed E-state index contributed by atoms with van der Waals surface area (Å²) in [4.78, 5) is 63.9. The maximum atomic E-state index is 13.0. The van der Waals surface area contributed by atoms with Crippen LogP contribution in [0, 0.1) is 13.8 Å². The number of nitrogens with two attached hydrogens (primary N) is 1. The first kappa shape index (κ1) is 26.9. The molecule has 3 aliphatic rings. The number of likely N-dealkylation sites (N-methyl/N-ethyl adjacent to an activating group) is 1. The fourth-order valence-electron chi connectivity index (χ4n) is 6.04. The van der Waals surface area contributed by atoms with Crippen LogP contribution in [0.2, 0.25) is 0 Å². The number of aromatic nitrogens is 6. The molecule has 3 atom stereocenters.